The third kappa shape index (κ3) is 1.64. The van der Waals surface area contributed by atoms with Crippen LogP contribution < -0.4 is 5.73 Å². The highest BCUT2D eigenvalue weighted by Gasteiger charge is 1.94. The fourth-order valence-corrected chi connectivity index (χ4v) is 0.908. The van der Waals surface area contributed by atoms with E-state index in [4.69, 9.17) is 5.73 Å². The molecule has 0 spiro atoms. The summed E-state index contributed by atoms with van der Waals surface area (Å²) in [4.78, 5) is 3.69. The molecule has 0 aliphatic heterocycles. The van der Waals surface area contributed by atoms with Crippen molar-refractivity contribution >= 4 is 21.7 Å². The molecule has 1 heterocycles. The van der Waals surface area contributed by atoms with Crippen LogP contribution in [0.25, 0.3) is 0 Å². The van der Waals surface area contributed by atoms with Crippen LogP contribution in [0.15, 0.2) is 16.7 Å². The SMILES string of the molecule is Nc1cc(F)cc(Br)n1. The Bertz CT molecular complexity index is 176. The van der Waals surface area contributed by atoms with Gasteiger partial charge < -0.3 is 5.73 Å². The van der Waals surface area contributed by atoms with Crippen molar-refractivity contribution in [3.63, 3.8) is 0 Å². The number of pyridine rings is 1. The topological polar surface area (TPSA) is 38.9 Å². The number of nitrogens with two attached hydrogens (primary N) is 1. The highest BCUT2D eigenvalue weighted by molar-refractivity contribution is 9.10. The average Bonchev–Trinajstić information content (AvgIpc) is 1.59. The molecule has 1 aromatic heterocycles. The second-order valence-electron chi connectivity index (χ2n) is 1.53. The Hall–Kier alpha value is -0.640. The molecule has 48 valence electrons. The number of nitrogen functional groups attached to an aromatic ring is 1. The summed E-state index contributed by atoms with van der Waals surface area (Å²) in [5.74, 6) is -0.198. The van der Waals surface area contributed by atoms with Crippen molar-refractivity contribution in [3.8, 4) is 0 Å². The lowest BCUT2D eigenvalue weighted by Crippen LogP contribution is -1.90. The average molecular weight is 191 g/mol. The van der Waals surface area contributed by atoms with E-state index in [-0.39, 0.29) is 11.6 Å². The van der Waals surface area contributed by atoms with Gasteiger partial charge in [-0.2, -0.15) is 0 Å². The molecule has 4 heteroatoms. The van der Waals surface area contributed by atoms with Crippen molar-refractivity contribution in [1.82, 2.24) is 4.98 Å². The zero-order valence-corrected chi connectivity index (χ0v) is 6.02. The van der Waals surface area contributed by atoms with Gasteiger partial charge in [-0.15, -0.1) is 0 Å². The molecule has 2 nitrogen and oxygen atoms in total. The number of aromatic nitrogens is 1. The molecule has 2 N–H and O–H groups in total. The maximum absolute atomic E-state index is 12.3. The molecule has 0 fully saturated rings. The summed E-state index contributed by atoms with van der Waals surface area (Å²) in [7, 11) is 0. The molecule has 0 unspecified atom stereocenters. The first-order valence-corrected chi connectivity index (χ1v) is 3.06. The first-order chi connectivity index (χ1) is 4.18. The number of hydrogen-bond acceptors (Lipinski definition) is 2. The lowest BCUT2D eigenvalue weighted by Gasteiger charge is -1.92. The van der Waals surface area contributed by atoms with Gasteiger partial charge in [-0.05, 0) is 15.9 Å². The number of rotatable bonds is 0. The molecule has 0 bridgehead atoms. The Labute approximate surface area is 60.0 Å². The monoisotopic (exact) mass is 190 g/mol. The largest absolute Gasteiger partial charge is 0.384 e. The van der Waals surface area contributed by atoms with Crippen LogP contribution in [-0.2, 0) is 0 Å². The molecular weight excluding hydrogens is 187 g/mol. The summed E-state index contributed by atoms with van der Waals surface area (Å²) >= 11 is 2.98. The van der Waals surface area contributed by atoms with Crippen LogP contribution in [0.2, 0.25) is 0 Å². The van der Waals surface area contributed by atoms with E-state index in [1.807, 2.05) is 0 Å². The highest BCUT2D eigenvalue weighted by Crippen LogP contribution is 2.10. The highest BCUT2D eigenvalue weighted by atomic mass is 79.9. The van der Waals surface area contributed by atoms with Crippen LogP contribution in [0.4, 0.5) is 10.2 Å². The number of hydrogen-bond donors (Lipinski definition) is 1. The standard InChI is InChI=1S/C5H4BrFN2/c6-4-1-3(7)2-5(8)9-4/h1-2H,(H2,8,9). The zero-order valence-electron chi connectivity index (χ0n) is 4.44. The molecule has 0 saturated carbocycles. The molecule has 0 aliphatic carbocycles. The smallest absolute Gasteiger partial charge is 0.129 e. The van der Waals surface area contributed by atoms with Gasteiger partial charge in [0.25, 0.3) is 0 Å². The predicted octanol–water partition coefficient (Wildman–Crippen LogP) is 1.57. The van der Waals surface area contributed by atoms with Gasteiger partial charge in [0.05, 0.1) is 0 Å². The van der Waals surface area contributed by atoms with Gasteiger partial charge in [-0.3, -0.25) is 0 Å². The van der Waals surface area contributed by atoms with Crippen LogP contribution in [0.3, 0.4) is 0 Å². The van der Waals surface area contributed by atoms with Crippen molar-refractivity contribution in [1.29, 1.82) is 0 Å². The summed E-state index contributed by atoms with van der Waals surface area (Å²) in [5, 5.41) is 0. The summed E-state index contributed by atoms with van der Waals surface area (Å²) in [5.41, 5.74) is 5.18. The Morgan fingerprint density at radius 1 is 1.56 bits per heavy atom. The van der Waals surface area contributed by atoms with Crippen LogP contribution >= 0.6 is 15.9 Å². The van der Waals surface area contributed by atoms with Gasteiger partial charge in [0.2, 0.25) is 0 Å². The number of halogens is 2. The van der Waals surface area contributed by atoms with Crippen LogP contribution in [0.5, 0.6) is 0 Å². The van der Waals surface area contributed by atoms with E-state index in [2.05, 4.69) is 20.9 Å². The Balaban J connectivity index is 3.17. The van der Waals surface area contributed by atoms with Crippen molar-refractivity contribution in [2.24, 2.45) is 0 Å². The molecule has 0 atom stereocenters. The first kappa shape index (κ1) is 6.48. The third-order valence-corrected chi connectivity index (χ3v) is 1.18. The molecule has 0 radical (unpaired) electrons. The summed E-state index contributed by atoms with van der Waals surface area (Å²) in [6, 6.07) is 2.40. The minimum Gasteiger partial charge on any atom is -0.384 e. The normalized spacial score (nSPS) is 9.56. The van der Waals surface area contributed by atoms with E-state index in [9.17, 15) is 4.39 Å². The second-order valence-corrected chi connectivity index (χ2v) is 2.35. The summed E-state index contributed by atoms with van der Waals surface area (Å²) < 4.78 is 12.7. The molecule has 1 rings (SSSR count). The van der Waals surface area contributed by atoms with Crippen LogP contribution in [0.1, 0.15) is 0 Å². The van der Waals surface area contributed by atoms with Gasteiger partial charge in [-0.25, -0.2) is 9.37 Å². The minimum absolute atomic E-state index is 0.182. The van der Waals surface area contributed by atoms with Crippen molar-refractivity contribution in [2.45, 2.75) is 0 Å². The van der Waals surface area contributed by atoms with Gasteiger partial charge in [0, 0.05) is 12.1 Å². The molecule has 9 heavy (non-hydrogen) atoms. The van der Waals surface area contributed by atoms with Gasteiger partial charge in [-0.1, -0.05) is 0 Å². The lowest BCUT2D eigenvalue weighted by atomic mass is 10.4. The second kappa shape index (κ2) is 2.31. The van der Waals surface area contributed by atoms with E-state index in [0.717, 1.165) is 6.07 Å². The maximum atomic E-state index is 12.3. The number of anilines is 1. The fourth-order valence-electron chi connectivity index (χ4n) is 0.485. The molecule has 0 amide bonds. The molecular formula is C5H4BrFN2. The Morgan fingerprint density at radius 2 is 2.22 bits per heavy atom. The van der Waals surface area contributed by atoms with Gasteiger partial charge >= 0.3 is 0 Å². The van der Waals surface area contributed by atoms with Crippen molar-refractivity contribution in [3.05, 3.63) is 22.6 Å². The van der Waals surface area contributed by atoms with E-state index in [1.165, 1.54) is 6.07 Å². The quantitative estimate of drug-likeness (QED) is 0.632. The molecule has 1 aromatic rings. The summed E-state index contributed by atoms with van der Waals surface area (Å²) in [6.07, 6.45) is 0. The van der Waals surface area contributed by atoms with Gasteiger partial charge in [0.15, 0.2) is 0 Å². The van der Waals surface area contributed by atoms with E-state index < -0.39 is 0 Å². The predicted molar refractivity (Wildman–Crippen MR) is 36.3 cm³/mol. The van der Waals surface area contributed by atoms with E-state index in [1.54, 1.807) is 0 Å². The minimum atomic E-state index is -0.380. The third-order valence-electron chi connectivity index (χ3n) is 0.779. The van der Waals surface area contributed by atoms with Gasteiger partial charge in [0.1, 0.15) is 16.2 Å². The van der Waals surface area contributed by atoms with Crippen molar-refractivity contribution in [2.75, 3.05) is 5.73 Å². The fraction of sp³-hybridized carbons (Fsp3) is 0. The molecule has 0 aliphatic rings. The van der Waals surface area contributed by atoms with Crippen LogP contribution in [0, 0.1) is 5.82 Å². The lowest BCUT2D eigenvalue weighted by molar-refractivity contribution is 0.625. The Morgan fingerprint density at radius 3 is 2.67 bits per heavy atom. The number of nitrogens with zero attached hydrogens (tertiary/aromatic N) is 1. The summed E-state index contributed by atoms with van der Waals surface area (Å²) in [6.45, 7) is 0. The first-order valence-electron chi connectivity index (χ1n) is 2.27. The van der Waals surface area contributed by atoms with E-state index >= 15 is 0 Å². The zero-order chi connectivity index (χ0) is 6.85. The molecule has 0 aromatic carbocycles. The maximum Gasteiger partial charge on any atom is 0.129 e. The van der Waals surface area contributed by atoms with E-state index in [0.29, 0.717) is 4.60 Å². The van der Waals surface area contributed by atoms with Crippen LogP contribution in [-0.4, -0.2) is 4.98 Å². The van der Waals surface area contributed by atoms with Crippen molar-refractivity contribution < 1.29 is 4.39 Å². The Kier molecular flexibility index (Phi) is 1.66. The molecule has 0 saturated heterocycles.